The van der Waals surface area contributed by atoms with Crippen molar-refractivity contribution >= 4 is 17.7 Å². The van der Waals surface area contributed by atoms with Crippen LogP contribution in [-0.4, -0.2) is 73.2 Å². The molecule has 120 valence electrons. The summed E-state index contributed by atoms with van der Waals surface area (Å²) >= 11 is 0. The number of hydrogen-bond donors (Lipinski definition) is 0. The number of amidine groups is 1. The van der Waals surface area contributed by atoms with Gasteiger partial charge in [-0.2, -0.15) is 5.26 Å². The lowest BCUT2D eigenvalue weighted by Gasteiger charge is -2.22. The second-order valence-corrected chi connectivity index (χ2v) is 4.94. The molecule has 0 aromatic carbocycles. The Morgan fingerprint density at radius 1 is 1.36 bits per heavy atom. The first kappa shape index (κ1) is 16.2. The third-order valence-corrected chi connectivity index (χ3v) is 3.45. The molecule has 2 saturated heterocycles. The van der Waals surface area contributed by atoms with E-state index in [1.807, 2.05) is 4.90 Å². The zero-order chi connectivity index (χ0) is 15.8. The SMILES string of the molecule is CCOC(=O)/C(C#N)=N/OC(N1CCOCC1)=[N+]1CCCC1. The van der Waals surface area contributed by atoms with Gasteiger partial charge in [-0.3, -0.25) is 4.84 Å². The minimum atomic E-state index is -0.771. The van der Waals surface area contributed by atoms with Crippen LogP contribution >= 0.6 is 0 Å². The highest BCUT2D eigenvalue weighted by Gasteiger charge is 2.30. The van der Waals surface area contributed by atoms with Gasteiger partial charge in [-0.25, -0.2) is 14.3 Å². The lowest BCUT2D eigenvalue weighted by atomic mass is 10.4. The summed E-state index contributed by atoms with van der Waals surface area (Å²) in [6.45, 7) is 6.24. The van der Waals surface area contributed by atoms with Crippen LogP contribution in [0.3, 0.4) is 0 Å². The Balaban J connectivity index is 2.14. The van der Waals surface area contributed by atoms with Gasteiger partial charge in [-0.1, -0.05) is 5.16 Å². The number of nitrogens with zero attached hydrogens (tertiary/aromatic N) is 4. The molecule has 0 aliphatic carbocycles. The van der Waals surface area contributed by atoms with Crippen LogP contribution in [0.25, 0.3) is 0 Å². The summed E-state index contributed by atoms with van der Waals surface area (Å²) in [5.41, 5.74) is -0.383. The third kappa shape index (κ3) is 4.18. The van der Waals surface area contributed by atoms with Crippen LogP contribution < -0.4 is 0 Å². The summed E-state index contributed by atoms with van der Waals surface area (Å²) in [7, 11) is 0. The first-order valence-corrected chi connectivity index (χ1v) is 7.53. The van der Waals surface area contributed by atoms with Gasteiger partial charge in [-0.15, -0.1) is 0 Å². The molecular weight excluding hydrogens is 288 g/mol. The Bertz CT molecular complexity index is 495. The molecular formula is C14H21N4O4+. The molecule has 0 spiro atoms. The highest BCUT2D eigenvalue weighted by molar-refractivity contribution is 6.42. The summed E-state index contributed by atoms with van der Waals surface area (Å²) in [5, 5.41) is 12.7. The number of morpholine rings is 1. The van der Waals surface area contributed by atoms with Crippen molar-refractivity contribution in [3.63, 3.8) is 0 Å². The Kier molecular flexibility index (Phi) is 6.15. The second kappa shape index (κ2) is 8.34. The zero-order valence-electron chi connectivity index (χ0n) is 12.8. The van der Waals surface area contributed by atoms with Crippen molar-refractivity contribution in [2.24, 2.45) is 5.16 Å². The molecule has 2 fully saturated rings. The van der Waals surface area contributed by atoms with Gasteiger partial charge in [0.25, 0.3) is 5.71 Å². The predicted octanol–water partition coefficient (Wildman–Crippen LogP) is -0.0598. The maximum Gasteiger partial charge on any atom is 0.473 e. The number of hydrogen-bond acceptors (Lipinski definition) is 6. The van der Waals surface area contributed by atoms with Crippen LogP contribution in [0.15, 0.2) is 5.16 Å². The van der Waals surface area contributed by atoms with E-state index < -0.39 is 5.97 Å². The van der Waals surface area contributed by atoms with Crippen LogP contribution in [0, 0.1) is 11.3 Å². The standard InChI is InChI=1S/C14H21N4O4/c1-2-21-13(19)12(11-15)16-22-14(17-5-3-4-6-17)18-7-9-20-10-8-18/h2-10H2,1H3/q+1/b16-12+. The molecule has 2 heterocycles. The molecule has 22 heavy (non-hydrogen) atoms. The van der Waals surface area contributed by atoms with E-state index in [0.29, 0.717) is 32.3 Å². The van der Waals surface area contributed by atoms with Gasteiger partial charge >= 0.3 is 12.0 Å². The van der Waals surface area contributed by atoms with Crippen molar-refractivity contribution in [1.29, 1.82) is 5.26 Å². The van der Waals surface area contributed by atoms with E-state index in [9.17, 15) is 4.79 Å². The van der Waals surface area contributed by atoms with E-state index in [0.717, 1.165) is 25.9 Å². The fraction of sp³-hybridized carbons (Fsp3) is 0.714. The van der Waals surface area contributed by atoms with Gasteiger partial charge in [-0.05, 0) is 19.8 Å². The fourth-order valence-corrected chi connectivity index (χ4v) is 2.37. The summed E-state index contributed by atoms with van der Waals surface area (Å²) in [6, 6.07) is 2.29. The molecule has 8 heteroatoms. The van der Waals surface area contributed by atoms with Crippen LogP contribution in [0.4, 0.5) is 0 Å². The number of nitriles is 1. The maximum atomic E-state index is 11.6. The quantitative estimate of drug-likeness (QED) is 0.239. The van der Waals surface area contributed by atoms with Crippen LogP contribution in [0.5, 0.6) is 0 Å². The Morgan fingerprint density at radius 3 is 2.64 bits per heavy atom. The number of rotatable bonds is 3. The van der Waals surface area contributed by atoms with Gasteiger partial charge in [0, 0.05) is 0 Å². The smallest absolute Gasteiger partial charge is 0.461 e. The number of carbonyl (C=O) groups is 1. The monoisotopic (exact) mass is 309 g/mol. The minimum absolute atomic E-state index is 0.186. The first-order chi connectivity index (χ1) is 10.8. The molecule has 2 rings (SSSR count). The third-order valence-electron chi connectivity index (χ3n) is 3.45. The molecule has 0 N–H and O–H groups in total. The average molecular weight is 309 g/mol. The van der Waals surface area contributed by atoms with Gasteiger partial charge in [0.2, 0.25) is 0 Å². The van der Waals surface area contributed by atoms with Crippen molar-refractivity contribution in [3.8, 4) is 6.07 Å². The number of carbonyl (C=O) groups excluding carboxylic acids is 1. The van der Waals surface area contributed by atoms with Crippen molar-refractivity contribution in [3.05, 3.63) is 0 Å². The van der Waals surface area contributed by atoms with Gasteiger partial charge < -0.3 is 9.47 Å². The fourth-order valence-electron chi connectivity index (χ4n) is 2.37. The Morgan fingerprint density at radius 2 is 2.05 bits per heavy atom. The highest BCUT2D eigenvalue weighted by atomic mass is 16.7. The summed E-state index contributed by atoms with van der Waals surface area (Å²) in [4.78, 5) is 19.1. The topological polar surface area (TPSA) is 87.2 Å². The zero-order valence-corrected chi connectivity index (χ0v) is 12.8. The van der Waals surface area contributed by atoms with E-state index in [1.165, 1.54) is 0 Å². The van der Waals surface area contributed by atoms with Crippen molar-refractivity contribution in [2.75, 3.05) is 46.0 Å². The van der Waals surface area contributed by atoms with E-state index >= 15 is 0 Å². The molecule has 0 aromatic heterocycles. The van der Waals surface area contributed by atoms with Crippen molar-refractivity contribution in [1.82, 2.24) is 4.90 Å². The summed E-state index contributed by atoms with van der Waals surface area (Å²) < 4.78 is 12.2. The van der Waals surface area contributed by atoms with E-state index in [1.54, 1.807) is 13.0 Å². The van der Waals surface area contributed by atoms with Crippen LogP contribution in [0.2, 0.25) is 0 Å². The van der Waals surface area contributed by atoms with Gasteiger partial charge in [0.15, 0.2) is 0 Å². The Hall–Kier alpha value is -2.14. The molecule has 0 saturated carbocycles. The van der Waals surface area contributed by atoms with Crippen molar-refractivity contribution in [2.45, 2.75) is 19.8 Å². The maximum absolute atomic E-state index is 11.6. The lowest BCUT2D eigenvalue weighted by Crippen LogP contribution is -2.45. The predicted molar refractivity (Wildman–Crippen MR) is 77.4 cm³/mol. The molecule has 0 bridgehead atoms. The first-order valence-electron chi connectivity index (χ1n) is 7.53. The molecule has 2 aliphatic heterocycles. The van der Waals surface area contributed by atoms with E-state index in [2.05, 4.69) is 9.73 Å². The molecule has 2 aliphatic rings. The summed E-state index contributed by atoms with van der Waals surface area (Å²) in [6.07, 6.45) is 2.17. The lowest BCUT2D eigenvalue weighted by molar-refractivity contribution is -0.521. The molecule has 0 radical (unpaired) electrons. The molecule has 0 aromatic rings. The van der Waals surface area contributed by atoms with Crippen LogP contribution in [0.1, 0.15) is 19.8 Å². The van der Waals surface area contributed by atoms with Gasteiger partial charge in [0.1, 0.15) is 19.2 Å². The normalized spacial score (nSPS) is 18.8. The van der Waals surface area contributed by atoms with Gasteiger partial charge in [0.05, 0.1) is 32.9 Å². The Labute approximate surface area is 129 Å². The van der Waals surface area contributed by atoms with E-state index in [4.69, 9.17) is 19.6 Å². The van der Waals surface area contributed by atoms with Crippen molar-refractivity contribution < 1.29 is 23.7 Å². The number of esters is 1. The molecule has 0 amide bonds. The number of oxime groups is 1. The van der Waals surface area contributed by atoms with E-state index in [-0.39, 0.29) is 12.3 Å². The average Bonchev–Trinajstić information content (AvgIpc) is 3.07. The molecule has 0 atom stereocenters. The largest absolute Gasteiger partial charge is 0.473 e. The van der Waals surface area contributed by atoms with Crippen LogP contribution in [-0.2, 0) is 19.1 Å². The molecule has 8 nitrogen and oxygen atoms in total. The molecule has 0 unspecified atom stereocenters. The number of ether oxygens (including phenoxy) is 2. The highest BCUT2D eigenvalue weighted by Crippen LogP contribution is 2.08. The second-order valence-electron chi connectivity index (χ2n) is 4.94. The minimum Gasteiger partial charge on any atom is -0.461 e. The summed E-state index contributed by atoms with van der Waals surface area (Å²) in [5.74, 6) is -0.771.